The minimum absolute atomic E-state index is 0.0640. The average Bonchev–Trinajstić information content (AvgIpc) is 3.16. The topological polar surface area (TPSA) is 52.9 Å². The number of hydrogen-bond acceptors (Lipinski definition) is 2. The first kappa shape index (κ1) is 12.1. The van der Waals surface area contributed by atoms with E-state index in [-0.39, 0.29) is 5.56 Å². The number of aryl methyl sites for hydroxylation is 1. The number of anilines is 1. The predicted molar refractivity (Wildman–Crippen MR) is 76.3 cm³/mol. The molecule has 1 fully saturated rings. The molecule has 2 aromatic rings. The number of hydrogen-bond donors (Lipinski definition) is 1. The fourth-order valence-corrected chi connectivity index (χ4v) is 2.69. The molecule has 1 aliphatic carbocycles. The smallest absolute Gasteiger partial charge is 0.290 e. The van der Waals surface area contributed by atoms with E-state index in [0.29, 0.717) is 18.2 Å². The Morgan fingerprint density at radius 1 is 1.37 bits per heavy atom. The monoisotopic (exact) mass is 257 g/mol. The molecule has 4 nitrogen and oxygen atoms in total. The molecule has 1 aromatic heterocycles. The predicted octanol–water partition coefficient (Wildman–Crippen LogP) is 2.00. The van der Waals surface area contributed by atoms with Crippen molar-refractivity contribution in [3.05, 3.63) is 51.4 Å². The molecule has 100 valence electrons. The lowest BCUT2D eigenvalue weighted by Crippen LogP contribution is -2.23. The van der Waals surface area contributed by atoms with E-state index in [1.165, 1.54) is 5.56 Å². The summed E-state index contributed by atoms with van der Waals surface area (Å²) in [5.41, 5.74) is 9.68. The third-order valence-corrected chi connectivity index (χ3v) is 3.83. The average molecular weight is 257 g/mol. The van der Waals surface area contributed by atoms with Gasteiger partial charge in [0.1, 0.15) is 5.69 Å². The number of benzene rings is 1. The molecule has 1 aliphatic rings. The molecular formula is C15H19N3O. The van der Waals surface area contributed by atoms with E-state index in [2.05, 4.69) is 19.1 Å². The summed E-state index contributed by atoms with van der Waals surface area (Å²) in [6, 6.07) is 8.22. The molecule has 0 amide bonds. The second-order valence-electron chi connectivity index (χ2n) is 5.45. The van der Waals surface area contributed by atoms with Crippen LogP contribution in [0.1, 0.15) is 35.6 Å². The highest BCUT2D eigenvalue weighted by atomic mass is 16.1. The Balaban J connectivity index is 2.01. The third kappa shape index (κ3) is 2.07. The Morgan fingerprint density at radius 3 is 2.74 bits per heavy atom. The fourth-order valence-electron chi connectivity index (χ4n) is 2.69. The maximum absolute atomic E-state index is 12.2. The lowest BCUT2D eigenvalue weighted by atomic mass is 10.1. The van der Waals surface area contributed by atoms with Crippen LogP contribution in [-0.4, -0.2) is 9.36 Å². The quantitative estimate of drug-likeness (QED) is 0.914. The minimum atomic E-state index is -0.0640. The van der Waals surface area contributed by atoms with Crippen molar-refractivity contribution in [2.24, 2.45) is 7.05 Å². The van der Waals surface area contributed by atoms with Gasteiger partial charge in [0.25, 0.3) is 5.56 Å². The number of nitrogens with two attached hydrogens (primary N) is 1. The molecule has 19 heavy (non-hydrogen) atoms. The summed E-state index contributed by atoms with van der Waals surface area (Å²) in [6.07, 6.45) is 2.29. The standard InChI is InChI=1S/C15H19N3O/c1-10-4-3-5-11(8-10)9-18-15(19)13(16)14(17(18)2)12-6-7-12/h3-5,8,12H,6-7,9,16H2,1-2H3. The molecule has 0 aliphatic heterocycles. The van der Waals surface area contributed by atoms with Gasteiger partial charge >= 0.3 is 0 Å². The van der Waals surface area contributed by atoms with Crippen molar-refractivity contribution in [1.29, 1.82) is 0 Å². The second-order valence-corrected chi connectivity index (χ2v) is 5.45. The largest absolute Gasteiger partial charge is 0.393 e. The molecule has 4 heteroatoms. The van der Waals surface area contributed by atoms with Crippen LogP contribution < -0.4 is 11.3 Å². The zero-order chi connectivity index (χ0) is 13.6. The SMILES string of the molecule is Cc1cccc(Cn2c(=O)c(N)c(C3CC3)n2C)c1. The normalized spacial score (nSPS) is 14.8. The van der Waals surface area contributed by atoms with Crippen molar-refractivity contribution in [2.45, 2.75) is 32.2 Å². The Labute approximate surface area is 112 Å². The molecule has 0 atom stereocenters. The highest BCUT2D eigenvalue weighted by Crippen LogP contribution is 2.41. The van der Waals surface area contributed by atoms with E-state index in [0.717, 1.165) is 24.1 Å². The van der Waals surface area contributed by atoms with E-state index in [4.69, 9.17) is 5.73 Å². The van der Waals surface area contributed by atoms with Gasteiger partial charge in [0.15, 0.2) is 0 Å². The van der Waals surface area contributed by atoms with Crippen LogP contribution in [0.25, 0.3) is 0 Å². The van der Waals surface area contributed by atoms with Crippen molar-refractivity contribution < 1.29 is 0 Å². The number of nitrogen functional groups attached to an aromatic ring is 1. The molecule has 0 unspecified atom stereocenters. The van der Waals surface area contributed by atoms with Crippen molar-refractivity contribution in [3.63, 3.8) is 0 Å². The summed E-state index contributed by atoms with van der Waals surface area (Å²) in [5.74, 6) is 0.483. The first-order valence-corrected chi connectivity index (χ1v) is 6.68. The molecule has 1 heterocycles. The lowest BCUT2D eigenvalue weighted by Gasteiger charge is -2.10. The van der Waals surface area contributed by atoms with Crippen LogP contribution in [0.15, 0.2) is 29.1 Å². The molecule has 1 aromatic carbocycles. The molecular weight excluding hydrogens is 238 g/mol. The number of nitrogens with zero attached hydrogens (tertiary/aromatic N) is 2. The van der Waals surface area contributed by atoms with Crippen molar-refractivity contribution in [1.82, 2.24) is 9.36 Å². The molecule has 0 spiro atoms. The van der Waals surface area contributed by atoms with Crippen LogP contribution in [0.4, 0.5) is 5.69 Å². The molecule has 0 saturated heterocycles. The number of aromatic nitrogens is 2. The summed E-state index contributed by atoms with van der Waals surface area (Å²) in [7, 11) is 1.93. The lowest BCUT2D eigenvalue weighted by molar-refractivity contribution is 0.518. The Kier molecular flexibility index (Phi) is 2.73. The van der Waals surface area contributed by atoms with Gasteiger partial charge in [-0.3, -0.25) is 9.48 Å². The van der Waals surface area contributed by atoms with E-state index < -0.39 is 0 Å². The molecule has 3 rings (SSSR count). The Morgan fingerprint density at radius 2 is 2.11 bits per heavy atom. The second kappa shape index (κ2) is 4.30. The van der Waals surface area contributed by atoms with Gasteiger partial charge in [-0.25, -0.2) is 4.68 Å². The zero-order valence-corrected chi connectivity index (χ0v) is 11.4. The van der Waals surface area contributed by atoms with Gasteiger partial charge in [0.2, 0.25) is 0 Å². The van der Waals surface area contributed by atoms with Crippen LogP contribution >= 0.6 is 0 Å². The van der Waals surface area contributed by atoms with Crippen molar-refractivity contribution >= 4 is 5.69 Å². The van der Waals surface area contributed by atoms with Crippen LogP contribution in [0.3, 0.4) is 0 Å². The Bertz CT molecular complexity index is 677. The van der Waals surface area contributed by atoms with Crippen molar-refractivity contribution in [3.8, 4) is 0 Å². The zero-order valence-electron chi connectivity index (χ0n) is 11.4. The summed E-state index contributed by atoms with van der Waals surface area (Å²) in [5, 5.41) is 0. The molecule has 2 N–H and O–H groups in total. The minimum Gasteiger partial charge on any atom is -0.393 e. The first-order valence-electron chi connectivity index (χ1n) is 6.68. The first-order chi connectivity index (χ1) is 9.08. The summed E-state index contributed by atoms with van der Waals surface area (Å²) in [4.78, 5) is 12.2. The van der Waals surface area contributed by atoms with Gasteiger partial charge in [0, 0.05) is 13.0 Å². The third-order valence-electron chi connectivity index (χ3n) is 3.83. The van der Waals surface area contributed by atoms with Crippen LogP contribution in [-0.2, 0) is 13.6 Å². The van der Waals surface area contributed by atoms with Gasteiger partial charge in [-0.15, -0.1) is 0 Å². The Hall–Kier alpha value is -1.97. The highest BCUT2D eigenvalue weighted by Gasteiger charge is 2.31. The van der Waals surface area contributed by atoms with Gasteiger partial charge in [-0.05, 0) is 25.3 Å². The van der Waals surface area contributed by atoms with Crippen molar-refractivity contribution in [2.75, 3.05) is 5.73 Å². The number of rotatable bonds is 3. The summed E-state index contributed by atoms with van der Waals surface area (Å²) < 4.78 is 3.68. The fraction of sp³-hybridized carbons (Fsp3) is 0.400. The molecule has 0 radical (unpaired) electrons. The summed E-state index contributed by atoms with van der Waals surface area (Å²) >= 11 is 0. The maximum atomic E-state index is 12.2. The van der Waals surface area contributed by atoms with Crippen LogP contribution in [0.2, 0.25) is 0 Å². The van der Waals surface area contributed by atoms with E-state index in [1.807, 2.05) is 23.9 Å². The van der Waals surface area contributed by atoms with E-state index in [1.54, 1.807) is 4.68 Å². The highest BCUT2D eigenvalue weighted by molar-refractivity contribution is 5.45. The molecule has 1 saturated carbocycles. The van der Waals surface area contributed by atoms with Gasteiger partial charge < -0.3 is 5.73 Å². The van der Waals surface area contributed by atoms with E-state index in [9.17, 15) is 4.79 Å². The maximum Gasteiger partial charge on any atom is 0.290 e. The van der Waals surface area contributed by atoms with Gasteiger partial charge in [-0.2, -0.15) is 0 Å². The molecule has 0 bridgehead atoms. The summed E-state index contributed by atoms with van der Waals surface area (Å²) in [6.45, 7) is 2.63. The van der Waals surface area contributed by atoms with Crippen LogP contribution in [0, 0.1) is 6.92 Å². The van der Waals surface area contributed by atoms with Gasteiger partial charge in [0.05, 0.1) is 12.2 Å². The van der Waals surface area contributed by atoms with Gasteiger partial charge in [-0.1, -0.05) is 29.8 Å². The van der Waals surface area contributed by atoms with E-state index >= 15 is 0 Å². The van der Waals surface area contributed by atoms with Crippen LogP contribution in [0.5, 0.6) is 0 Å².